The summed E-state index contributed by atoms with van der Waals surface area (Å²) in [6.45, 7) is 1.40. The highest BCUT2D eigenvalue weighted by Gasteiger charge is 2.27. The van der Waals surface area contributed by atoms with Crippen molar-refractivity contribution in [2.75, 3.05) is 5.32 Å². The fraction of sp³-hybridized carbons (Fsp3) is 0.0588. The number of anilines is 1. The summed E-state index contributed by atoms with van der Waals surface area (Å²) in [6, 6.07) is 11.5. The predicted octanol–water partition coefficient (Wildman–Crippen LogP) is 2.97. The maximum Gasteiger partial charge on any atom is 0.232 e. The van der Waals surface area contributed by atoms with Crippen LogP contribution < -0.4 is 10.1 Å². The Bertz CT molecular complexity index is 808. The summed E-state index contributed by atoms with van der Waals surface area (Å²) in [4.78, 5) is 23.4. The van der Waals surface area contributed by atoms with E-state index in [0.29, 0.717) is 22.6 Å². The minimum atomic E-state index is -0.287. The third-order valence-electron chi connectivity index (χ3n) is 3.21. The molecule has 0 saturated heterocycles. The van der Waals surface area contributed by atoms with Crippen LogP contribution in [0.25, 0.3) is 6.08 Å². The van der Waals surface area contributed by atoms with Gasteiger partial charge in [0.2, 0.25) is 11.7 Å². The Hall–Kier alpha value is -3.08. The zero-order valence-corrected chi connectivity index (χ0v) is 11.8. The van der Waals surface area contributed by atoms with Gasteiger partial charge in [-0.3, -0.25) is 9.59 Å². The quantitative estimate of drug-likeness (QED) is 0.835. The molecule has 0 aliphatic carbocycles. The zero-order chi connectivity index (χ0) is 15.7. The standard InChI is InChI=1S/C17H13NO4/c1-10(19)18-12-6-7-15-13(9-12)17(21)16(22-15)8-11-4-2-3-5-14(11)20/h2-9,20H,1H3,(H,18,19)/b16-8-. The molecule has 0 spiro atoms. The van der Waals surface area contributed by atoms with Crippen LogP contribution in [-0.2, 0) is 4.79 Å². The molecule has 0 atom stereocenters. The Morgan fingerprint density at radius 2 is 2.00 bits per heavy atom. The molecule has 110 valence electrons. The monoisotopic (exact) mass is 295 g/mol. The van der Waals surface area contributed by atoms with Crippen LogP contribution in [0.3, 0.4) is 0 Å². The number of para-hydroxylation sites is 1. The molecule has 1 aliphatic heterocycles. The van der Waals surface area contributed by atoms with Gasteiger partial charge >= 0.3 is 0 Å². The summed E-state index contributed by atoms with van der Waals surface area (Å²) in [5, 5.41) is 12.4. The van der Waals surface area contributed by atoms with Crippen LogP contribution in [-0.4, -0.2) is 16.8 Å². The molecule has 2 aromatic rings. The van der Waals surface area contributed by atoms with Crippen LogP contribution in [0.15, 0.2) is 48.2 Å². The molecule has 0 aromatic heterocycles. The van der Waals surface area contributed by atoms with Gasteiger partial charge in [0, 0.05) is 18.2 Å². The number of carbonyl (C=O) groups is 2. The van der Waals surface area contributed by atoms with E-state index in [1.807, 2.05) is 0 Å². The Morgan fingerprint density at radius 3 is 2.73 bits per heavy atom. The summed E-state index contributed by atoms with van der Waals surface area (Å²) in [5.74, 6) is 0.139. The number of fused-ring (bicyclic) bond motifs is 1. The molecule has 5 nitrogen and oxygen atoms in total. The van der Waals surface area contributed by atoms with Crippen molar-refractivity contribution in [3.8, 4) is 11.5 Å². The van der Waals surface area contributed by atoms with E-state index in [-0.39, 0.29) is 23.2 Å². The van der Waals surface area contributed by atoms with E-state index < -0.39 is 0 Å². The van der Waals surface area contributed by atoms with Crippen molar-refractivity contribution in [2.45, 2.75) is 6.92 Å². The van der Waals surface area contributed by atoms with Crippen LogP contribution in [0.5, 0.6) is 11.5 Å². The minimum absolute atomic E-state index is 0.0706. The lowest BCUT2D eigenvalue weighted by molar-refractivity contribution is -0.114. The van der Waals surface area contributed by atoms with Gasteiger partial charge in [0.05, 0.1) is 5.56 Å². The number of hydrogen-bond donors (Lipinski definition) is 2. The summed E-state index contributed by atoms with van der Waals surface area (Å²) in [5.41, 5.74) is 1.42. The average Bonchev–Trinajstić information content (AvgIpc) is 2.78. The van der Waals surface area contributed by atoms with Crippen LogP contribution in [0, 0.1) is 0 Å². The number of amides is 1. The zero-order valence-electron chi connectivity index (χ0n) is 11.8. The van der Waals surface area contributed by atoms with Crippen molar-refractivity contribution in [2.24, 2.45) is 0 Å². The number of rotatable bonds is 2. The second-order valence-corrected chi connectivity index (χ2v) is 4.89. The second kappa shape index (κ2) is 5.37. The summed E-state index contributed by atoms with van der Waals surface area (Å²) < 4.78 is 5.53. The molecule has 1 amide bonds. The van der Waals surface area contributed by atoms with Crippen molar-refractivity contribution in [3.05, 3.63) is 59.4 Å². The number of phenolic OH excluding ortho intramolecular Hbond substituents is 1. The van der Waals surface area contributed by atoms with Crippen LogP contribution in [0.2, 0.25) is 0 Å². The van der Waals surface area contributed by atoms with E-state index in [1.165, 1.54) is 19.1 Å². The smallest absolute Gasteiger partial charge is 0.232 e. The number of phenols is 1. The number of Topliss-reactive ketones (excluding diaryl/α,β-unsaturated/α-hetero) is 1. The highest BCUT2D eigenvalue weighted by molar-refractivity contribution is 6.15. The number of ketones is 1. The Labute approximate surface area is 126 Å². The molecule has 0 saturated carbocycles. The molecule has 0 radical (unpaired) electrons. The fourth-order valence-corrected chi connectivity index (χ4v) is 2.22. The van der Waals surface area contributed by atoms with Gasteiger partial charge in [0.1, 0.15) is 11.5 Å². The topological polar surface area (TPSA) is 75.6 Å². The van der Waals surface area contributed by atoms with E-state index in [0.717, 1.165) is 0 Å². The highest BCUT2D eigenvalue weighted by atomic mass is 16.5. The molecule has 1 heterocycles. The van der Waals surface area contributed by atoms with Gasteiger partial charge in [-0.25, -0.2) is 0 Å². The van der Waals surface area contributed by atoms with Gasteiger partial charge in [-0.2, -0.15) is 0 Å². The average molecular weight is 295 g/mol. The Balaban J connectivity index is 1.94. The first-order valence-electron chi connectivity index (χ1n) is 6.68. The molecule has 0 unspecified atom stereocenters. The molecule has 1 aliphatic rings. The van der Waals surface area contributed by atoms with E-state index >= 15 is 0 Å². The van der Waals surface area contributed by atoms with E-state index in [1.54, 1.807) is 36.4 Å². The number of benzene rings is 2. The van der Waals surface area contributed by atoms with Crippen molar-refractivity contribution < 1.29 is 19.4 Å². The van der Waals surface area contributed by atoms with Crippen molar-refractivity contribution in [1.82, 2.24) is 0 Å². The first kappa shape index (κ1) is 13.9. The number of aromatic hydroxyl groups is 1. The van der Waals surface area contributed by atoms with Crippen molar-refractivity contribution in [3.63, 3.8) is 0 Å². The van der Waals surface area contributed by atoms with Gasteiger partial charge in [-0.05, 0) is 30.3 Å². The predicted molar refractivity (Wildman–Crippen MR) is 81.8 cm³/mol. The summed E-state index contributed by atoms with van der Waals surface area (Å²) >= 11 is 0. The van der Waals surface area contributed by atoms with Crippen LogP contribution in [0.1, 0.15) is 22.8 Å². The highest BCUT2D eigenvalue weighted by Crippen LogP contribution is 2.34. The lowest BCUT2D eigenvalue weighted by atomic mass is 10.1. The third kappa shape index (κ3) is 2.56. The van der Waals surface area contributed by atoms with Gasteiger partial charge in [0.15, 0.2) is 5.76 Å². The molecular weight excluding hydrogens is 282 g/mol. The number of hydrogen-bond acceptors (Lipinski definition) is 4. The van der Waals surface area contributed by atoms with E-state index in [9.17, 15) is 14.7 Å². The van der Waals surface area contributed by atoms with Gasteiger partial charge in [0.25, 0.3) is 0 Å². The van der Waals surface area contributed by atoms with Gasteiger partial charge in [-0.15, -0.1) is 0 Å². The normalized spacial score (nSPS) is 14.6. The number of ether oxygens (including phenoxy) is 1. The number of allylic oxidation sites excluding steroid dienone is 1. The molecule has 22 heavy (non-hydrogen) atoms. The molecule has 5 heteroatoms. The molecule has 0 bridgehead atoms. The molecule has 2 aromatic carbocycles. The number of carbonyl (C=O) groups excluding carboxylic acids is 2. The van der Waals surface area contributed by atoms with Crippen LogP contribution >= 0.6 is 0 Å². The lowest BCUT2D eigenvalue weighted by Gasteiger charge is -2.02. The summed E-state index contributed by atoms with van der Waals surface area (Å²) in [7, 11) is 0. The van der Waals surface area contributed by atoms with Crippen molar-refractivity contribution in [1.29, 1.82) is 0 Å². The first-order chi connectivity index (χ1) is 10.5. The van der Waals surface area contributed by atoms with E-state index in [2.05, 4.69) is 5.32 Å². The molecule has 3 rings (SSSR count). The minimum Gasteiger partial charge on any atom is -0.507 e. The summed E-state index contributed by atoms with van der Waals surface area (Å²) in [6.07, 6.45) is 1.50. The van der Waals surface area contributed by atoms with Gasteiger partial charge < -0.3 is 15.2 Å². The molecule has 0 fully saturated rings. The fourth-order valence-electron chi connectivity index (χ4n) is 2.22. The Morgan fingerprint density at radius 1 is 1.23 bits per heavy atom. The molecular formula is C17H13NO4. The maximum absolute atomic E-state index is 12.4. The largest absolute Gasteiger partial charge is 0.507 e. The first-order valence-corrected chi connectivity index (χ1v) is 6.68. The Kier molecular flexibility index (Phi) is 3.39. The third-order valence-corrected chi connectivity index (χ3v) is 3.21. The SMILES string of the molecule is CC(=O)Nc1ccc2c(c1)C(=O)/C(=C/c1ccccc1O)O2. The van der Waals surface area contributed by atoms with Gasteiger partial charge in [-0.1, -0.05) is 18.2 Å². The van der Waals surface area contributed by atoms with Crippen molar-refractivity contribution >= 4 is 23.5 Å². The molecule has 2 N–H and O–H groups in total. The maximum atomic E-state index is 12.4. The lowest BCUT2D eigenvalue weighted by Crippen LogP contribution is -2.06. The second-order valence-electron chi connectivity index (χ2n) is 4.89. The number of nitrogens with one attached hydrogen (secondary N) is 1. The van der Waals surface area contributed by atoms with E-state index in [4.69, 9.17) is 4.74 Å². The van der Waals surface area contributed by atoms with Crippen LogP contribution in [0.4, 0.5) is 5.69 Å².